The molecule has 0 spiro atoms. The van der Waals surface area contributed by atoms with Crippen LogP contribution in [0.4, 0.5) is 4.79 Å². The second-order valence-electron chi connectivity index (χ2n) is 26.9. The summed E-state index contributed by atoms with van der Waals surface area (Å²) in [5.74, 6) is 0.555. The summed E-state index contributed by atoms with van der Waals surface area (Å²) in [6.07, 6.45) is 5.54. The van der Waals surface area contributed by atoms with Crippen molar-refractivity contribution in [2.75, 3.05) is 244 Å². The summed E-state index contributed by atoms with van der Waals surface area (Å²) < 4.78 is 9.00. The number of likely N-dealkylation sites (tertiary alicyclic amines) is 6. The van der Waals surface area contributed by atoms with E-state index in [2.05, 4.69) is 64.1 Å². The first kappa shape index (κ1) is 134. The molecule has 12 fully saturated rings. The van der Waals surface area contributed by atoms with Crippen LogP contribution in [0.15, 0.2) is 0 Å². The molecule has 4 radical (unpaired) electrons. The van der Waals surface area contributed by atoms with Gasteiger partial charge in [-0.2, -0.15) is 19.7 Å². The Balaban J connectivity index is -0.000000136. The molecule has 12 aliphatic heterocycles. The fourth-order valence-electron chi connectivity index (χ4n) is 11.0. The second kappa shape index (κ2) is 82.3. The molecule has 5 N–H and O–H groups in total. The predicted molar refractivity (Wildman–Crippen MR) is 455 cm³/mol. The molecule has 0 saturated carbocycles. The zero-order chi connectivity index (χ0) is 85.8. The standard InChI is InChI=1S/C11H18N3O2.C10H16N3O2.C10H19N3O.C9H17N3O.C8H13NO3.C5H12N2.C5H7NO2.C3H5NO.C2H4O2.C2H3O.5C2H6.CH4BO2.3CH4.3Y/c1-2-11(16)14-7-10(8-14)13-5-3-12(9-15)4-6-13;1-9(15)13-6-10(7-13)12-4-2-11(8-14)3-5-12;1-9(14)13-7-10(8-13)12-5-3-11(2)4-6-12;1-8(13)12-6-9(7-12)11-4-2-10-3-5-11;1-8(2,3)12-7(11)9-4-6(10)5-9;1-7-4-2-6-3-5-7;1-4(7)6-2-5(8)3-6;5-3-1-4-2-3;1-2(3)4;1-2-3;5*1-2;1-4-2-3;;;;;;/h10H,2-8H2,1H3;10H,2-7H2,1H3;10H,3-8H2,1-2H3;9-10H,2-7H2,1H3;4-5H2,1-3H3;6H,2-5H2,1H3;2-3H2,1H3;4H,1-2H2;1H3,(H,3,4);1H3;5*1-2H3;3H,1H3;3*1H4;;;/q2*-1;;;;;;;;-1;;;;;;;;;;;;. The molecule has 12 rings (SSSR count). The van der Waals surface area contributed by atoms with Crippen LogP contribution in [0.5, 0.6) is 0 Å². The van der Waals surface area contributed by atoms with E-state index in [1.165, 1.54) is 50.1 Å². The number of ketones is 3. The van der Waals surface area contributed by atoms with Crippen LogP contribution < -0.4 is 16.0 Å². The fourth-order valence-corrected chi connectivity index (χ4v) is 11.0. The normalized spacial score (nSPS) is 18.5. The minimum absolute atomic E-state index is 0. The molecule has 8 amide bonds. The van der Waals surface area contributed by atoms with E-state index in [9.17, 15) is 52.7 Å². The third kappa shape index (κ3) is 62.4. The van der Waals surface area contributed by atoms with Gasteiger partial charge >= 0.3 is 13.8 Å². The van der Waals surface area contributed by atoms with Crippen molar-refractivity contribution in [2.24, 2.45) is 0 Å². The van der Waals surface area contributed by atoms with Crippen LogP contribution in [0.3, 0.4) is 0 Å². The molecule has 0 aromatic heterocycles. The molecule has 38 heteroatoms. The summed E-state index contributed by atoms with van der Waals surface area (Å²) in [5.41, 5.74) is -0.476. The molecule has 0 aromatic rings. The molecule has 117 heavy (non-hydrogen) atoms. The number of rotatable bonds is 8. The van der Waals surface area contributed by atoms with Crippen LogP contribution >= 0.6 is 0 Å². The molecule has 0 unspecified atom stereocenters. The Bertz CT molecular complexity index is 2540. The predicted octanol–water partition coefficient (Wildman–Crippen LogP) is 2.08. The van der Waals surface area contributed by atoms with E-state index < -0.39 is 17.7 Å². The molecule has 12 heterocycles. The van der Waals surface area contributed by atoms with Gasteiger partial charge in [0.1, 0.15) is 5.60 Å². The number of Topliss-reactive ketones (excluding diaryl/α,β-unsaturated/α-hetero) is 3. The van der Waals surface area contributed by atoms with E-state index in [-0.39, 0.29) is 175 Å². The first-order valence-corrected chi connectivity index (χ1v) is 39.8. The number of carboxylic acid groups (broad SMARTS) is 1. The van der Waals surface area contributed by atoms with Gasteiger partial charge in [-0.25, -0.2) is 4.79 Å². The van der Waals surface area contributed by atoms with Crippen molar-refractivity contribution in [1.29, 1.82) is 0 Å². The number of carbonyl (C=O) groups is 10. The molecular weight excluding hydrogens is 1740 g/mol. The number of nitrogens with zero attached hydrogens (tertiary/aromatic N) is 14. The number of carbonyl (C=O) groups excluding carboxylic acids is 12. The minimum Gasteiger partial charge on any atom is -0.542 e. The molecule has 678 valence electrons. The van der Waals surface area contributed by atoms with Gasteiger partial charge in [0, 0.05) is 354 Å². The van der Waals surface area contributed by atoms with Gasteiger partial charge in [-0.1, -0.05) is 98.4 Å². The SMILES string of the molecule is C.C.C.CC.CC.CC.CC.CC.CC(=O)N1CC(=O)C1.CC(=O)N1CC(N2CCN(C)CC2)C1.CC(=O)N1CC(N2CCN([C-]=O)CC2)C1.CC(=O)N1CC(N2CCNCC2)C1.CC(=O)O.CC(C)(C)OC(=O)N1CC(=O)C1.CCC(=O)N1CC(N2CCN([C-]=O)CC2)C1.CN1CCNCC1.CO[B]O.C[C-]=O.O=C1CNC1.[Y].[Y].[Y]. The van der Waals surface area contributed by atoms with Crippen molar-refractivity contribution in [3.8, 4) is 0 Å². The van der Waals surface area contributed by atoms with Crippen LogP contribution in [0, 0.1) is 0 Å². The van der Waals surface area contributed by atoms with E-state index in [1.807, 2.05) is 109 Å². The van der Waals surface area contributed by atoms with E-state index in [1.54, 1.807) is 51.3 Å². The van der Waals surface area contributed by atoms with Crippen molar-refractivity contribution >= 4 is 85.7 Å². The Morgan fingerprint density at radius 3 is 0.872 bits per heavy atom. The van der Waals surface area contributed by atoms with Crippen molar-refractivity contribution in [2.45, 2.75) is 197 Å². The quantitative estimate of drug-likeness (QED) is 0.172. The summed E-state index contributed by atoms with van der Waals surface area (Å²) in [6, 6.07) is 2.27. The molecule has 0 atom stereocenters. The topological polar surface area (TPSA) is 362 Å². The number of likely N-dealkylation sites (N-methyl/N-ethyl adjacent to an activating group) is 2. The third-order valence-electron chi connectivity index (χ3n) is 17.7. The van der Waals surface area contributed by atoms with Gasteiger partial charge in [0.25, 0.3) is 5.97 Å². The van der Waals surface area contributed by atoms with Gasteiger partial charge < -0.3 is 94.0 Å². The fraction of sp³-hybridized carbons (Fsp3) is 0.835. The van der Waals surface area contributed by atoms with Gasteiger partial charge in [-0.05, 0) is 34.9 Å². The van der Waals surface area contributed by atoms with E-state index in [4.69, 9.17) is 24.5 Å². The summed E-state index contributed by atoms with van der Waals surface area (Å²) in [5, 5.41) is 24.4. The Morgan fingerprint density at radius 2 is 0.675 bits per heavy atom. The number of nitrogens with one attached hydrogen (secondary N) is 3. The number of aliphatic carboxylic acids is 1. The molecule has 0 bridgehead atoms. The molecular formula is C79H160BN17O17Y3-3. The number of carboxylic acids is 1. The average Bonchev–Trinajstić information content (AvgIpc) is 0.820. The molecule has 0 aliphatic carbocycles. The number of hydrogen-bond acceptors (Lipinski definition) is 25. The van der Waals surface area contributed by atoms with Crippen molar-refractivity contribution < 1.29 is 180 Å². The van der Waals surface area contributed by atoms with Crippen molar-refractivity contribution in [3.63, 3.8) is 0 Å². The van der Waals surface area contributed by atoms with Crippen molar-refractivity contribution in [3.05, 3.63) is 0 Å². The maximum atomic E-state index is 11.4. The Labute approximate surface area is 784 Å². The van der Waals surface area contributed by atoms with Gasteiger partial charge in [-0.3, -0.25) is 73.9 Å². The average molecular weight is 1900 g/mol. The smallest absolute Gasteiger partial charge is 0.484 e. The maximum Gasteiger partial charge on any atom is 0.484 e. The Kier molecular flexibility index (Phi) is 94.4. The first-order chi connectivity index (χ1) is 52.8. The van der Waals surface area contributed by atoms with Gasteiger partial charge in [-0.15, -0.1) is 0 Å². The minimum atomic E-state index is -0.833. The van der Waals surface area contributed by atoms with Crippen LogP contribution in [0.25, 0.3) is 0 Å². The van der Waals surface area contributed by atoms with Gasteiger partial charge in [0.15, 0.2) is 17.3 Å². The van der Waals surface area contributed by atoms with E-state index >= 15 is 0 Å². The van der Waals surface area contributed by atoms with Crippen LogP contribution in [-0.4, -0.2) is 438 Å². The molecule has 12 saturated heterocycles. The monoisotopic (exact) mass is 1900 g/mol. The first-order valence-electron chi connectivity index (χ1n) is 39.8. The molecule has 0 aromatic carbocycles. The second-order valence-corrected chi connectivity index (χ2v) is 26.9. The number of amides is 8. The maximum absolute atomic E-state index is 11.4. The summed E-state index contributed by atoms with van der Waals surface area (Å²) in [7, 11) is 6.32. The number of ether oxygens (including phenoxy) is 1. The summed E-state index contributed by atoms with van der Waals surface area (Å²) >= 11 is 0. The number of piperazine rings is 5. The van der Waals surface area contributed by atoms with Gasteiger partial charge in [0.05, 0.1) is 39.3 Å². The van der Waals surface area contributed by atoms with Crippen molar-refractivity contribution in [1.82, 2.24) is 84.5 Å². The zero-order valence-corrected chi connectivity index (χ0v) is 82.7. The van der Waals surface area contributed by atoms with Gasteiger partial charge in [0.2, 0.25) is 29.5 Å². The summed E-state index contributed by atoms with van der Waals surface area (Å²) in [4.78, 5) is 163. The van der Waals surface area contributed by atoms with Crippen LogP contribution in [0.2, 0.25) is 0 Å². The van der Waals surface area contributed by atoms with E-state index in [0.29, 0.717) is 70.2 Å². The largest absolute Gasteiger partial charge is 0.542 e. The summed E-state index contributed by atoms with van der Waals surface area (Å²) in [6.45, 7) is 66.0. The molecule has 34 nitrogen and oxygen atoms in total. The Hall–Kier alpha value is -3.35. The number of hydrogen-bond donors (Lipinski definition) is 5. The Morgan fingerprint density at radius 1 is 0.436 bits per heavy atom. The van der Waals surface area contributed by atoms with Crippen LogP contribution in [-0.2, 0) is 165 Å². The third-order valence-corrected chi connectivity index (χ3v) is 17.7. The molecule has 12 aliphatic rings. The van der Waals surface area contributed by atoms with Crippen LogP contribution in [0.1, 0.15) is 167 Å². The zero-order valence-electron chi connectivity index (χ0n) is 74.1. The van der Waals surface area contributed by atoms with E-state index in [0.717, 1.165) is 177 Å².